The number of hydrogen-bond donors (Lipinski definition) is 1. The molecule has 0 amide bonds. The number of aromatic nitrogens is 1. The Hall–Kier alpha value is -1.71. The zero-order valence-corrected chi connectivity index (χ0v) is 12.7. The van der Waals surface area contributed by atoms with Gasteiger partial charge in [-0.2, -0.15) is 0 Å². The minimum absolute atomic E-state index is 0.243. The molecule has 0 saturated carbocycles. The first-order chi connectivity index (χ1) is 9.72. The summed E-state index contributed by atoms with van der Waals surface area (Å²) in [6.45, 7) is 2.14. The summed E-state index contributed by atoms with van der Waals surface area (Å²) in [4.78, 5) is 1.24. The second kappa shape index (κ2) is 5.73. The lowest BCUT2D eigenvalue weighted by Crippen LogP contribution is -2.05. The van der Waals surface area contributed by atoms with Crippen LogP contribution in [0.2, 0.25) is 4.34 Å². The van der Waals surface area contributed by atoms with E-state index in [1.54, 1.807) is 11.3 Å². The number of hydrogen-bond acceptors (Lipinski definition) is 2. The molecule has 3 aromatic rings. The first kappa shape index (κ1) is 13.3. The first-order valence-electron chi connectivity index (χ1n) is 6.47. The number of rotatable bonds is 4. The highest BCUT2D eigenvalue weighted by molar-refractivity contribution is 7.16. The van der Waals surface area contributed by atoms with Crippen molar-refractivity contribution < 1.29 is 0 Å². The molecule has 1 N–H and O–H groups in total. The summed E-state index contributed by atoms with van der Waals surface area (Å²) >= 11 is 7.60. The summed E-state index contributed by atoms with van der Waals surface area (Å²) in [5.74, 6) is 0. The molecule has 0 aliphatic rings. The van der Waals surface area contributed by atoms with Crippen LogP contribution in [0, 0.1) is 0 Å². The highest BCUT2D eigenvalue weighted by Crippen LogP contribution is 2.29. The number of thiophene rings is 1. The number of anilines is 1. The Labute approximate surface area is 127 Å². The average molecular weight is 303 g/mol. The van der Waals surface area contributed by atoms with Crippen LogP contribution >= 0.6 is 22.9 Å². The molecule has 2 aromatic heterocycles. The summed E-state index contributed by atoms with van der Waals surface area (Å²) in [6.07, 6.45) is 4.09. The van der Waals surface area contributed by atoms with Crippen molar-refractivity contribution in [2.75, 3.05) is 5.32 Å². The number of halogens is 1. The molecule has 0 aliphatic heterocycles. The van der Waals surface area contributed by atoms with Gasteiger partial charge in [0.15, 0.2) is 0 Å². The summed E-state index contributed by atoms with van der Waals surface area (Å²) in [6, 6.07) is 16.7. The number of benzene rings is 1. The van der Waals surface area contributed by atoms with Gasteiger partial charge in [0, 0.05) is 28.6 Å². The van der Waals surface area contributed by atoms with Crippen LogP contribution in [-0.4, -0.2) is 4.57 Å². The lowest BCUT2D eigenvalue weighted by atomic mass is 10.2. The van der Waals surface area contributed by atoms with E-state index in [-0.39, 0.29) is 6.04 Å². The smallest absolute Gasteiger partial charge is 0.0932 e. The Morgan fingerprint density at radius 3 is 2.60 bits per heavy atom. The van der Waals surface area contributed by atoms with Crippen LogP contribution in [0.5, 0.6) is 0 Å². The maximum absolute atomic E-state index is 5.99. The van der Waals surface area contributed by atoms with E-state index in [1.165, 1.54) is 4.88 Å². The fourth-order valence-electron chi connectivity index (χ4n) is 2.15. The topological polar surface area (TPSA) is 17.0 Å². The van der Waals surface area contributed by atoms with E-state index in [4.69, 9.17) is 11.6 Å². The Kier molecular flexibility index (Phi) is 3.81. The molecule has 2 nitrogen and oxygen atoms in total. The monoisotopic (exact) mass is 302 g/mol. The Morgan fingerprint density at radius 1 is 1.10 bits per heavy atom. The fraction of sp³-hybridized carbons (Fsp3) is 0.125. The highest BCUT2D eigenvalue weighted by Gasteiger charge is 2.08. The van der Waals surface area contributed by atoms with E-state index in [0.717, 1.165) is 15.7 Å². The molecule has 4 heteroatoms. The van der Waals surface area contributed by atoms with E-state index in [2.05, 4.69) is 47.1 Å². The standard InChI is InChI=1S/C16H15ClN2S/c1-12(15-7-8-16(17)20-15)18-13-5-4-6-14(11-13)19-9-2-3-10-19/h2-12,18H,1H3. The molecule has 0 aliphatic carbocycles. The molecule has 1 atom stereocenters. The number of nitrogens with one attached hydrogen (secondary N) is 1. The summed E-state index contributed by atoms with van der Waals surface area (Å²) in [7, 11) is 0. The predicted molar refractivity (Wildman–Crippen MR) is 87.1 cm³/mol. The van der Waals surface area contributed by atoms with Gasteiger partial charge < -0.3 is 9.88 Å². The first-order valence-corrected chi connectivity index (χ1v) is 7.67. The van der Waals surface area contributed by atoms with E-state index in [0.29, 0.717) is 0 Å². The van der Waals surface area contributed by atoms with Crippen molar-refractivity contribution in [3.63, 3.8) is 0 Å². The Morgan fingerprint density at radius 2 is 1.90 bits per heavy atom. The molecule has 2 heterocycles. The fourth-order valence-corrected chi connectivity index (χ4v) is 3.21. The molecule has 1 aromatic carbocycles. The van der Waals surface area contributed by atoms with Gasteiger partial charge in [-0.05, 0) is 49.4 Å². The minimum atomic E-state index is 0.243. The van der Waals surface area contributed by atoms with Crippen LogP contribution in [0.15, 0.2) is 60.9 Å². The SMILES string of the molecule is CC(Nc1cccc(-n2cccc2)c1)c1ccc(Cl)s1. The second-order valence-electron chi connectivity index (χ2n) is 4.65. The third-order valence-corrected chi connectivity index (χ3v) is 4.57. The van der Waals surface area contributed by atoms with Gasteiger partial charge in [0.25, 0.3) is 0 Å². The molecule has 20 heavy (non-hydrogen) atoms. The van der Waals surface area contributed by atoms with Gasteiger partial charge in [-0.15, -0.1) is 11.3 Å². The molecular weight excluding hydrogens is 288 g/mol. The van der Waals surface area contributed by atoms with Crippen molar-refractivity contribution in [3.8, 4) is 5.69 Å². The van der Waals surface area contributed by atoms with Crippen LogP contribution in [-0.2, 0) is 0 Å². The molecule has 0 radical (unpaired) electrons. The summed E-state index contributed by atoms with van der Waals surface area (Å²) in [5, 5.41) is 3.51. The summed E-state index contributed by atoms with van der Waals surface area (Å²) < 4.78 is 2.92. The summed E-state index contributed by atoms with van der Waals surface area (Å²) in [5.41, 5.74) is 2.25. The molecule has 102 valence electrons. The van der Waals surface area contributed by atoms with Gasteiger partial charge in [0.05, 0.1) is 10.4 Å². The van der Waals surface area contributed by atoms with Crippen LogP contribution in [0.25, 0.3) is 5.69 Å². The molecular formula is C16H15ClN2S. The molecule has 0 saturated heterocycles. The van der Waals surface area contributed by atoms with E-state index < -0.39 is 0 Å². The van der Waals surface area contributed by atoms with Gasteiger partial charge in [0.1, 0.15) is 0 Å². The molecule has 3 rings (SSSR count). The normalized spacial score (nSPS) is 12.3. The maximum atomic E-state index is 5.99. The van der Waals surface area contributed by atoms with Gasteiger partial charge in [-0.3, -0.25) is 0 Å². The third-order valence-electron chi connectivity index (χ3n) is 3.15. The predicted octanol–water partition coefficient (Wildman–Crippen LogP) is 5.37. The van der Waals surface area contributed by atoms with Gasteiger partial charge in [-0.25, -0.2) is 0 Å². The lowest BCUT2D eigenvalue weighted by Gasteiger charge is -2.15. The lowest BCUT2D eigenvalue weighted by molar-refractivity contribution is 0.907. The van der Waals surface area contributed by atoms with Crippen LogP contribution in [0.1, 0.15) is 17.8 Å². The number of nitrogens with zero attached hydrogens (tertiary/aromatic N) is 1. The third kappa shape index (κ3) is 2.89. The molecule has 1 unspecified atom stereocenters. The van der Waals surface area contributed by atoms with Crippen LogP contribution in [0.3, 0.4) is 0 Å². The largest absolute Gasteiger partial charge is 0.378 e. The van der Waals surface area contributed by atoms with Crippen molar-refractivity contribution in [1.29, 1.82) is 0 Å². The van der Waals surface area contributed by atoms with Crippen molar-refractivity contribution in [3.05, 3.63) is 70.1 Å². The zero-order chi connectivity index (χ0) is 13.9. The average Bonchev–Trinajstić information content (AvgIpc) is 3.10. The van der Waals surface area contributed by atoms with E-state index in [9.17, 15) is 0 Å². The van der Waals surface area contributed by atoms with E-state index in [1.807, 2.05) is 30.6 Å². The minimum Gasteiger partial charge on any atom is -0.378 e. The molecule has 0 bridgehead atoms. The molecule has 0 fully saturated rings. The maximum Gasteiger partial charge on any atom is 0.0932 e. The second-order valence-corrected chi connectivity index (χ2v) is 6.40. The van der Waals surface area contributed by atoms with Crippen LogP contribution in [0.4, 0.5) is 5.69 Å². The highest BCUT2D eigenvalue weighted by atomic mass is 35.5. The van der Waals surface area contributed by atoms with Crippen molar-refractivity contribution in [2.45, 2.75) is 13.0 Å². The zero-order valence-electron chi connectivity index (χ0n) is 11.1. The Balaban J connectivity index is 1.79. The van der Waals surface area contributed by atoms with Crippen molar-refractivity contribution in [2.24, 2.45) is 0 Å². The van der Waals surface area contributed by atoms with Crippen molar-refractivity contribution in [1.82, 2.24) is 4.57 Å². The van der Waals surface area contributed by atoms with E-state index >= 15 is 0 Å². The van der Waals surface area contributed by atoms with Gasteiger partial charge >= 0.3 is 0 Å². The van der Waals surface area contributed by atoms with Gasteiger partial charge in [-0.1, -0.05) is 17.7 Å². The Bertz CT molecular complexity index is 688. The van der Waals surface area contributed by atoms with Gasteiger partial charge in [0.2, 0.25) is 0 Å². The van der Waals surface area contributed by atoms with Crippen LogP contribution < -0.4 is 5.32 Å². The quantitative estimate of drug-likeness (QED) is 0.686. The molecule has 0 spiro atoms. The van der Waals surface area contributed by atoms with Crippen molar-refractivity contribution >= 4 is 28.6 Å².